The number of carbonyl (C=O) groups is 1. The molecular formula is C21H18N4O2S. The van der Waals surface area contributed by atoms with E-state index < -0.39 is 0 Å². The number of rotatable bonds is 5. The molecule has 0 fully saturated rings. The summed E-state index contributed by atoms with van der Waals surface area (Å²) in [6, 6.07) is 19.2. The lowest BCUT2D eigenvalue weighted by atomic mass is 10.1. The molecule has 1 N–H and O–H groups in total. The Labute approximate surface area is 165 Å². The second kappa shape index (κ2) is 7.74. The number of benzene rings is 2. The fraction of sp³-hybridized carbons (Fsp3) is 0.143. The van der Waals surface area contributed by atoms with Crippen LogP contribution in [0.4, 0.5) is 0 Å². The number of hydrogen-bond acceptors (Lipinski definition) is 5. The topological polar surface area (TPSA) is 76.9 Å². The summed E-state index contributed by atoms with van der Waals surface area (Å²) in [6.07, 6.45) is 0. The van der Waals surface area contributed by atoms with Crippen LogP contribution in [-0.4, -0.2) is 20.7 Å². The van der Waals surface area contributed by atoms with Crippen molar-refractivity contribution in [3.8, 4) is 11.3 Å². The van der Waals surface area contributed by atoms with Crippen molar-refractivity contribution in [2.75, 3.05) is 0 Å². The molecule has 4 rings (SSSR count). The monoisotopic (exact) mass is 390 g/mol. The molecule has 0 atom stereocenters. The predicted molar refractivity (Wildman–Crippen MR) is 110 cm³/mol. The molecule has 0 aliphatic rings. The minimum absolute atomic E-state index is 0.155. The zero-order chi connectivity index (χ0) is 19.5. The summed E-state index contributed by atoms with van der Waals surface area (Å²) in [6.45, 7) is 2.10. The highest BCUT2D eigenvalue weighted by Gasteiger charge is 2.17. The van der Waals surface area contributed by atoms with Gasteiger partial charge < -0.3 is 5.32 Å². The van der Waals surface area contributed by atoms with Crippen LogP contribution >= 0.6 is 11.3 Å². The smallest absolute Gasteiger partial charge is 0.294 e. The van der Waals surface area contributed by atoms with Crippen LogP contribution < -0.4 is 10.9 Å². The molecule has 28 heavy (non-hydrogen) atoms. The number of fused-ring (bicyclic) bond motifs is 1. The SMILES string of the molecule is Cc1nc2c(=O)n(CC(=O)NCc3ccccc3)nc(-c3ccccc3)c2s1. The van der Waals surface area contributed by atoms with Crippen LogP contribution in [0.15, 0.2) is 65.5 Å². The Morgan fingerprint density at radius 3 is 2.46 bits per heavy atom. The van der Waals surface area contributed by atoms with E-state index in [4.69, 9.17) is 0 Å². The van der Waals surface area contributed by atoms with E-state index in [-0.39, 0.29) is 18.0 Å². The number of carbonyl (C=O) groups excluding carboxylic acids is 1. The van der Waals surface area contributed by atoms with E-state index in [9.17, 15) is 9.59 Å². The molecule has 7 heteroatoms. The minimum Gasteiger partial charge on any atom is -0.350 e. The fourth-order valence-electron chi connectivity index (χ4n) is 2.95. The van der Waals surface area contributed by atoms with Crippen molar-refractivity contribution in [3.05, 3.63) is 81.6 Å². The molecular weight excluding hydrogens is 372 g/mol. The van der Waals surface area contributed by atoms with E-state index in [1.165, 1.54) is 16.0 Å². The molecule has 2 aromatic carbocycles. The Balaban J connectivity index is 1.66. The molecule has 6 nitrogen and oxygen atoms in total. The average Bonchev–Trinajstić information content (AvgIpc) is 3.12. The van der Waals surface area contributed by atoms with Crippen molar-refractivity contribution in [3.63, 3.8) is 0 Å². The first-order chi connectivity index (χ1) is 13.6. The highest BCUT2D eigenvalue weighted by molar-refractivity contribution is 7.19. The van der Waals surface area contributed by atoms with Gasteiger partial charge in [-0.25, -0.2) is 9.67 Å². The standard InChI is InChI=1S/C21H18N4O2S/c1-14-23-19-20(28-14)18(16-10-6-3-7-11-16)24-25(21(19)27)13-17(26)22-12-15-8-4-2-5-9-15/h2-11H,12-13H2,1H3,(H,22,26). The number of hydrogen-bond donors (Lipinski definition) is 1. The first kappa shape index (κ1) is 18.1. The summed E-state index contributed by atoms with van der Waals surface area (Å²) in [5, 5.41) is 8.11. The van der Waals surface area contributed by atoms with E-state index in [1.54, 1.807) is 0 Å². The van der Waals surface area contributed by atoms with Gasteiger partial charge in [0.2, 0.25) is 5.91 Å². The quantitative estimate of drug-likeness (QED) is 0.568. The van der Waals surface area contributed by atoms with Gasteiger partial charge in [-0.15, -0.1) is 11.3 Å². The molecule has 2 aromatic heterocycles. The maximum absolute atomic E-state index is 12.8. The number of aryl methyl sites for hydroxylation is 1. The van der Waals surface area contributed by atoms with Crippen molar-refractivity contribution in [2.24, 2.45) is 0 Å². The molecule has 140 valence electrons. The van der Waals surface area contributed by atoms with Crippen molar-refractivity contribution < 1.29 is 4.79 Å². The summed E-state index contributed by atoms with van der Waals surface area (Å²) in [5.41, 5.74) is 2.54. The van der Waals surface area contributed by atoms with Crippen molar-refractivity contribution in [1.82, 2.24) is 20.1 Å². The molecule has 0 aliphatic heterocycles. The lowest BCUT2D eigenvalue weighted by molar-refractivity contribution is -0.122. The van der Waals surface area contributed by atoms with Crippen LogP contribution in [0.5, 0.6) is 0 Å². The third kappa shape index (κ3) is 3.70. The highest BCUT2D eigenvalue weighted by atomic mass is 32.1. The van der Waals surface area contributed by atoms with Gasteiger partial charge in [0, 0.05) is 12.1 Å². The molecule has 0 saturated heterocycles. The summed E-state index contributed by atoms with van der Waals surface area (Å²) in [4.78, 5) is 29.6. The molecule has 0 saturated carbocycles. The Kier molecular flexibility index (Phi) is 4.99. The van der Waals surface area contributed by atoms with Crippen molar-refractivity contribution >= 4 is 27.5 Å². The van der Waals surface area contributed by atoms with Crippen molar-refractivity contribution in [2.45, 2.75) is 20.0 Å². The number of nitrogens with one attached hydrogen (secondary N) is 1. The molecule has 0 bridgehead atoms. The molecule has 0 aliphatic carbocycles. The van der Waals surface area contributed by atoms with E-state index in [0.717, 1.165) is 20.8 Å². The van der Waals surface area contributed by atoms with E-state index in [1.807, 2.05) is 67.6 Å². The Hall–Kier alpha value is -3.32. The summed E-state index contributed by atoms with van der Waals surface area (Å²) >= 11 is 1.44. The summed E-state index contributed by atoms with van der Waals surface area (Å²) in [5.74, 6) is -0.274. The lowest BCUT2D eigenvalue weighted by Gasteiger charge is -2.09. The van der Waals surface area contributed by atoms with Crippen molar-refractivity contribution in [1.29, 1.82) is 0 Å². The third-order valence-corrected chi connectivity index (χ3v) is 5.26. The molecule has 4 aromatic rings. The first-order valence-electron chi connectivity index (χ1n) is 8.86. The predicted octanol–water partition coefficient (Wildman–Crippen LogP) is 3.14. The summed E-state index contributed by atoms with van der Waals surface area (Å²) < 4.78 is 1.94. The normalized spacial score (nSPS) is 10.9. The van der Waals surface area contributed by atoms with E-state index in [0.29, 0.717) is 17.8 Å². The molecule has 0 spiro atoms. The molecule has 2 heterocycles. The third-order valence-electron chi connectivity index (χ3n) is 4.28. The Morgan fingerprint density at radius 2 is 1.75 bits per heavy atom. The maximum atomic E-state index is 12.8. The van der Waals surface area contributed by atoms with E-state index >= 15 is 0 Å². The zero-order valence-corrected chi connectivity index (χ0v) is 16.1. The molecule has 0 unspecified atom stereocenters. The van der Waals surface area contributed by atoms with Crippen LogP contribution in [0.2, 0.25) is 0 Å². The Morgan fingerprint density at radius 1 is 1.07 bits per heavy atom. The molecule has 1 amide bonds. The number of thiazole rings is 1. The maximum Gasteiger partial charge on any atom is 0.294 e. The number of amides is 1. The van der Waals surface area contributed by atoms with Gasteiger partial charge in [-0.3, -0.25) is 9.59 Å². The molecule has 0 radical (unpaired) electrons. The highest BCUT2D eigenvalue weighted by Crippen LogP contribution is 2.29. The van der Waals surface area contributed by atoms with Gasteiger partial charge in [0.15, 0.2) is 5.52 Å². The van der Waals surface area contributed by atoms with Crippen LogP contribution in [0.25, 0.3) is 21.5 Å². The van der Waals surface area contributed by atoms with Gasteiger partial charge in [-0.2, -0.15) is 5.10 Å². The van der Waals surface area contributed by atoms with Gasteiger partial charge in [-0.1, -0.05) is 60.7 Å². The fourth-order valence-corrected chi connectivity index (χ4v) is 3.86. The Bertz CT molecular complexity index is 1180. The number of nitrogens with zero attached hydrogens (tertiary/aromatic N) is 3. The van der Waals surface area contributed by atoms with Crippen LogP contribution in [0, 0.1) is 6.92 Å². The van der Waals surface area contributed by atoms with Gasteiger partial charge in [0.05, 0.1) is 9.71 Å². The number of aromatic nitrogens is 3. The minimum atomic E-state index is -0.353. The summed E-state index contributed by atoms with van der Waals surface area (Å²) in [7, 11) is 0. The second-order valence-electron chi connectivity index (χ2n) is 6.35. The van der Waals surface area contributed by atoms with Crippen LogP contribution in [0.1, 0.15) is 10.6 Å². The van der Waals surface area contributed by atoms with Crippen LogP contribution in [-0.2, 0) is 17.9 Å². The van der Waals surface area contributed by atoms with E-state index in [2.05, 4.69) is 15.4 Å². The first-order valence-corrected chi connectivity index (χ1v) is 9.68. The zero-order valence-electron chi connectivity index (χ0n) is 15.3. The van der Waals surface area contributed by atoms with Crippen LogP contribution in [0.3, 0.4) is 0 Å². The van der Waals surface area contributed by atoms with Gasteiger partial charge in [-0.05, 0) is 12.5 Å². The van der Waals surface area contributed by atoms with Gasteiger partial charge in [0.25, 0.3) is 5.56 Å². The van der Waals surface area contributed by atoms with Gasteiger partial charge >= 0.3 is 0 Å². The lowest BCUT2D eigenvalue weighted by Crippen LogP contribution is -2.33. The van der Waals surface area contributed by atoms with Gasteiger partial charge in [0.1, 0.15) is 12.2 Å². The largest absolute Gasteiger partial charge is 0.350 e. The second-order valence-corrected chi connectivity index (χ2v) is 7.55. The average molecular weight is 390 g/mol.